The largest absolute Gasteiger partial charge is 0.366 e. The number of amides is 2. The number of benzene rings is 2. The van der Waals surface area contributed by atoms with E-state index in [2.05, 4.69) is 15.4 Å². The lowest BCUT2D eigenvalue weighted by molar-refractivity contribution is -0.0830. The van der Waals surface area contributed by atoms with E-state index >= 15 is 4.39 Å². The molecule has 1 aliphatic rings. The van der Waals surface area contributed by atoms with Crippen molar-refractivity contribution in [3.05, 3.63) is 77.7 Å². The number of aromatic nitrogens is 3. The van der Waals surface area contributed by atoms with Gasteiger partial charge in [-0.05, 0) is 35.7 Å². The van der Waals surface area contributed by atoms with Crippen LogP contribution in [-0.2, 0) is 4.84 Å². The summed E-state index contributed by atoms with van der Waals surface area (Å²) < 4.78 is 17.1. The summed E-state index contributed by atoms with van der Waals surface area (Å²) in [4.78, 5) is 22.7. The predicted molar refractivity (Wildman–Crippen MR) is 118 cm³/mol. The molecule has 32 heavy (non-hydrogen) atoms. The topological polar surface area (TPSA) is 97.8 Å². The van der Waals surface area contributed by atoms with Gasteiger partial charge in [-0.25, -0.2) is 13.7 Å². The molecule has 3 N–H and O–H groups in total. The van der Waals surface area contributed by atoms with Crippen LogP contribution in [0.5, 0.6) is 0 Å². The van der Waals surface area contributed by atoms with Crippen molar-refractivity contribution < 1.29 is 14.0 Å². The second kappa shape index (κ2) is 7.93. The van der Waals surface area contributed by atoms with Crippen LogP contribution in [0.3, 0.4) is 0 Å². The van der Waals surface area contributed by atoms with Crippen LogP contribution < -0.4 is 11.1 Å². The normalized spacial score (nSPS) is 15.9. The van der Waals surface area contributed by atoms with Crippen LogP contribution in [0.1, 0.15) is 23.6 Å². The van der Waals surface area contributed by atoms with Crippen LogP contribution in [0.4, 0.5) is 20.8 Å². The minimum absolute atomic E-state index is 0.107. The van der Waals surface area contributed by atoms with E-state index in [4.69, 9.17) is 10.6 Å². The maximum atomic E-state index is 15.6. The molecular formula is C23H21FN6O2. The van der Waals surface area contributed by atoms with E-state index in [1.807, 2.05) is 30.3 Å². The number of rotatable bonds is 3. The van der Waals surface area contributed by atoms with Crippen LogP contribution in [0.15, 0.2) is 60.8 Å². The molecule has 162 valence electrons. The average molecular weight is 432 g/mol. The number of fused-ring (bicyclic) bond motifs is 1. The van der Waals surface area contributed by atoms with Gasteiger partial charge in [0.2, 0.25) is 5.95 Å². The van der Waals surface area contributed by atoms with E-state index in [0.29, 0.717) is 35.4 Å². The zero-order chi connectivity index (χ0) is 22.2. The van der Waals surface area contributed by atoms with Crippen molar-refractivity contribution in [2.24, 2.45) is 0 Å². The Labute approximate surface area is 183 Å². The molecule has 2 aromatic heterocycles. The third-order valence-corrected chi connectivity index (χ3v) is 5.54. The fraction of sp³-hybridized carbons (Fsp3) is 0.174. The van der Waals surface area contributed by atoms with Gasteiger partial charge in [0, 0.05) is 18.2 Å². The van der Waals surface area contributed by atoms with Gasteiger partial charge in [0.1, 0.15) is 0 Å². The lowest BCUT2D eigenvalue weighted by atomic mass is 10.0. The Balaban J connectivity index is 1.45. The molecule has 9 heteroatoms. The third-order valence-electron chi connectivity index (χ3n) is 5.54. The zero-order valence-corrected chi connectivity index (χ0v) is 17.3. The van der Waals surface area contributed by atoms with Crippen LogP contribution in [0, 0.1) is 12.7 Å². The Morgan fingerprint density at radius 2 is 2.03 bits per heavy atom. The molecule has 4 aromatic rings. The summed E-state index contributed by atoms with van der Waals surface area (Å²) >= 11 is 0. The molecule has 0 bridgehead atoms. The number of halogens is 1. The fourth-order valence-electron chi connectivity index (χ4n) is 3.92. The first-order chi connectivity index (χ1) is 15.5. The number of nitrogens with one attached hydrogen (secondary N) is 1. The zero-order valence-electron chi connectivity index (χ0n) is 17.3. The Morgan fingerprint density at radius 3 is 2.84 bits per heavy atom. The van der Waals surface area contributed by atoms with Gasteiger partial charge in [0.15, 0.2) is 11.5 Å². The summed E-state index contributed by atoms with van der Waals surface area (Å²) in [5, 5.41) is 8.02. The average Bonchev–Trinajstić information content (AvgIpc) is 3.42. The number of carbonyl (C=O) groups is 1. The monoisotopic (exact) mass is 432 g/mol. The van der Waals surface area contributed by atoms with Gasteiger partial charge in [0.25, 0.3) is 0 Å². The molecule has 0 aliphatic carbocycles. The molecule has 1 saturated heterocycles. The number of nitrogens with zero attached hydrogens (tertiary/aromatic N) is 4. The molecule has 1 fully saturated rings. The number of hydroxylamine groups is 2. The Kier molecular flexibility index (Phi) is 4.95. The standard InChI is InChI=1S/C23H21FN6O2/c1-14-7-8-17(16-9-11-29-19(13-16)26-22(25)28-29)20(24)21(14)27-23(31)30-18(10-12-32-30)15-5-3-2-4-6-15/h2-9,11,13,18H,10,12H2,1H3,(H2,25,28)(H,27,31)/t18-/m0/s1. The van der Waals surface area contributed by atoms with Gasteiger partial charge in [-0.1, -0.05) is 42.5 Å². The van der Waals surface area contributed by atoms with Crippen LogP contribution in [0.2, 0.25) is 0 Å². The number of aryl methyl sites for hydroxylation is 1. The minimum atomic E-state index is -0.536. The van der Waals surface area contributed by atoms with Gasteiger partial charge in [-0.15, -0.1) is 5.10 Å². The highest BCUT2D eigenvalue weighted by atomic mass is 19.1. The summed E-state index contributed by atoms with van der Waals surface area (Å²) in [7, 11) is 0. The van der Waals surface area contributed by atoms with Gasteiger partial charge >= 0.3 is 6.03 Å². The summed E-state index contributed by atoms with van der Waals surface area (Å²) in [5.74, 6) is -0.399. The number of urea groups is 1. The first kappa shape index (κ1) is 20.0. The van der Waals surface area contributed by atoms with E-state index in [1.165, 1.54) is 9.58 Å². The quantitative estimate of drug-likeness (QED) is 0.502. The molecule has 0 spiro atoms. The van der Waals surface area contributed by atoms with Crippen molar-refractivity contribution in [2.75, 3.05) is 17.7 Å². The van der Waals surface area contributed by atoms with Crippen LogP contribution in [-0.4, -0.2) is 32.3 Å². The van der Waals surface area contributed by atoms with Crippen LogP contribution in [0.25, 0.3) is 16.8 Å². The van der Waals surface area contributed by atoms with Crippen molar-refractivity contribution in [1.29, 1.82) is 0 Å². The third kappa shape index (κ3) is 3.52. The van der Waals surface area contributed by atoms with Crippen LogP contribution >= 0.6 is 0 Å². The smallest absolute Gasteiger partial charge is 0.346 e. The molecule has 8 nitrogen and oxygen atoms in total. The molecule has 2 aromatic carbocycles. The molecule has 1 atom stereocenters. The van der Waals surface area contributed by atoms with Crippen molar-refractivity contribution in [3.63, 3.8) is 0 Å². The summed E-state index contributed by atoms with van der Waals surface area (Å²) in [6, 6.07) is 15.7. The number of nitrogen functional groups attached to an aromatic ring is 1. The van der Waals surface area contributed by atoms with E-state index in [0.717, 1.165) is 5.56 Å². The number of pyridine rings is 1. The van der Waals surface area contributed by atoms with E-state index < -0.39 is 11.8 Å². The lowest BCUT2D eigenvalue weighted by Gasteiger charge is -2.24. The molecular weight excluding hydrogens is 411 g/mol. The highest BCUT2D eigenvalue weighted by molar-refractivity contribution is 5.91. The van der Waals surface area contributed by atoms with Gasteiger partial charge < -0.3 is 11.1 Å². The minimum Gasteiger partial charge on any atom is -0.366 e. The second-order valence-electron chi connectivity index (χ2n) is 7.61. The van der Waals surface area contributed by atoms with Crippen molar-refractivity contribution in [1.82, 2.24) is 19.7 Å². The molecule has 0 unspecified atom stereocenters. The Morgan fingerprint density at radius 1 is 1.22 bits per heavy atom. The molecule has 1 aliphatic heterocycles. The molecule has 5 rings (SSSR count). The molecule has 0 radical (unpaired) electrons. The van der Waals surface area contributed by atoms with E-state index in [1.54, 1.807) is 37.4 Å². The molecule has 0 saturated carbocycles. The maximum Gasteiger partial charge on any atom is 0.346 e. The van der Waals surface area contributed by atoms with Gasteiger partial charge in [0.05, 0.1) is 18.3 Å². The fourth-order valence-corrected chi connectivity index (χ4v) is 3.92. The lowest BCUT2D eigenvalue weighted by Crippen LogP contribution is -2.34. The van der Waals surface area contributed by atoms with E-state index in [-0.39, 0.29) is 17.7 Å². The first-order valence-electron chi connectivity index (χ1n) is 10.2. The first-order valence-corrected chi connectivity index (χ1v) is 10.2. The predicted octanol–water partition coefficient (Wildman–Crippen LogP) is 4.34. The Bertz CT molecular complexity index is 1310. The van der Waals surface area contributed by atoms with Gasteiger partial charge in [-0.3, -0.25) is 4.84 Å². The number of hydrogen-bond acceptors (Lipinski definition) is 5. The molecule has 3 heterocycles. The summed E-state index contributed by atoms with van der Waals surface area (Å²) in [6.45, 7) is 2.15. The second-order valence-corrected chi connectivity index (χ2v) is 7.61. The summed E-state index contributed by atoms with van der Waals surface area (Å²) in [6.07, 6.45) is 2.33. The van der Waals surface area contributed by atoms with Crippen molar-refractivity contribution in [2.45, 2.75) is 19.4 Å². The van der Waals surface area contributed by atoms with E-state index in [9.17, 15) is 4.79 Å². The van der Waals surface area contributed by atoms with Crippen molar-refractivity contribution >= 4 is 23.3 Å². The number of hydrogen-bond donors (Lipinski definition) is 2. The molecule has 2 amide bonds. The number of carbonyl (C=O) groups excluding carboxylic acids is 1. The Hall–Kier alpha value is -3.98. The van der Waals surface area contributed by atoms with Gasteiger partial charge in [-0.2, -0.15) is 10.0 Å². The highest BCUT2D eigenvalue weighted by Crippen LogP contribution is 2.34. The number of anilines is 2. The highest BCUT2D eigenvalue weighted by Gasteiger charge is 2.32. The SMILES string of the molecule is Cc1ccc(-c2ccn3nc(N)nc3c2)c(F)c1NC(=O)N1OCC[C@H]1c1ccccc1. The number of nitrogens with two attached hydrogens (primary N) is 1. The maximum absolute atomic E-state index is 15.6. The summed E-state index contributed by atoms with van der Waals surface area (Å²) in [5.41, 5.74) is 8.74. The van der Waals surface area contributed by atoms with Crippen molar-refractivity contribution in [3.8, 4) is 11.1 Å².